The van der Waals surface area contributed by atoms with E-state index in [4.69, 9.17) is 36.5 Å². The van der Waals surface area contributed by atoms with Gasteiger partial charge in [-0.15, -0.1) is 0 Å². The second kappa shape index (κ2) is 15.4. The topological polar surface area (TPSA) is 131 Å². The Balaban J connectivity index is 1.62. The molecule has 1 aliphatic rings. The predicted octanol–water partition coefficient (Wildman–Crippen LogP) is 5.80. The zero-order chi connectivity index (χ0) is 31.6. The van der Waals surface area contributed by atoms with Crippen molar-refractivity contribution in [1.29, 1.82) is 0 Å². The van der Waals surface area contributed by atoms with Gasteiger partial charge in [0.1, 0.15) is 28.9 Å². The zero-order valence-electron chi connectivity index (χ0n) is 26.0. The van der Waals surface area contributed by atoms with Gasteiger partial charge in [-0.3, -0.25) is 4.90 Å². The van der Waals surface area contributed by atoms with Crippen LogP contribution in [0.25, 0.3) is 0 Å². The first kappa shape index (κ1) is 32.6. The van der Waals surface area contributed by atoms with Gasteiger partial charge >= 0.3 is 6.03 Å². The van der Waals surface area contributed by atoms with Crippen molar-refractivity contribution in [2.24, 2.45) is 10.7 Å². The van der Waals surface area contributed by atoms with Gasteiger partial charge in [0.15, 0.2) is 5.82 Å². The summed E-state index contributed by atoms with van der Waals surface area (Å²) < 4.78 is 16.9. The lowest BCUT2D eigenvalue weighted by molar-refractivity contribution is 0.223. The molecule has 0 saturated carbocycles. The number of aromatic nitrogens is 2. The van der Waals surface area contributed by atoms with Crippen molar-refractivity contribution in [2.45, 2.75) is 40.2 Å². The normalized spacial score (nSPS) is 12.4. The Bertz CT molecular complexity index is 1450. The van der Waals surface area contributed by atoms with Crippen LogP contribution in [0.4, 0.5) is 27.9 Å². The average molecular weight is 625 g/mol. The van der Waals surface area contributed by atoms with Crippen LogP contribution in [-0.4, -0.2) is 78.8 Å². The zero-order valence-corrected chi connectivity index (χ0v) is 26.7. The minimum absolute atomic E-state index is 0.278. The van der Waals surface area contributed by atoms with Crippen LogP contribution in [0, 0.1) is 0 Å². The number of guanidine groups is 1. The van der Waals surface area contributed by atoms with Crippen molar-refractivity contribution in [3.63, 3.8) is 0 Å². The lowest BCUT2D eigenvalue weighted by atomic mass is 10.2. The number of amides is 2. The summed E-state index contributed by atoms with van der Waals surface area (Å²) >= 11 is 6.77. The summed E-state index contributed by atoms with van der Waals surface area (Å²) in [4.78, 5) is 32.3. The number of nitrogens with two attached hydrogens (primary N) is 1. The van der Waals surface area contributed by atoms with Crippen molar-refractivity contribution < 1.29 is 19.0 Å². The van der Waals surface area contributed by atoms with E-state index >= 15 is 0 Å². The highest BCUT2D eigenvalue weighted by atomic mass is 35.5. The van der Waals surface area contributed by atoms with Gasteiger partial charge in [-0.2, -0.15) is 9.98 Å². The summed E-state index contributed by atoms with van der Waals surface area (Å²) in [6, 6.07) is 10.4. The van der Waals surface area contributed by atoms with Crippen LogP contribution in [0.5, 0.6) is 17.2 Å². The summed E-state index contributed by atoms with van der Waals surface area (Å²) in [5.41, 5.74) is 7.92. The maximum Gasteiger partial charge on any atom is 0.321 e. The molecule has 236 valence electrons. The first-order valence-electron chi connectivity index (χ1n) is 14.7. The molecule has 0 fully saturated rings. The number of halogens is 1. The number of nitrogens with zero attached hydrogens (tertiary/aromatic N) is 6. The molecule has 3 N–H and O–H groups in total. The van der Waals surface area contributed by atoms with Crippen LogP contribution in [-0.2, 0) is 6.54 Å². The molecule has 0 aliphatic carbocycles. The summed E-state index contributed by atoms with van der Waals surface area (Å²) in [7, 11) is 3.08. The van der Waals surface area contributed by atoms with Crippen LogP contribution in [0.1, 0.15) is 39.2 Å². The van der Waals surface area contributed by atoms with Gasteiger partial charge in [0.05, 0.1) is 26.5 Å². The summed E-state index contributed by atoms with van der Waals surface area (Å²) in [5, 5.41) is 3.57. The fraction of sp³-hybridized carbons (Fsp3) is 0.419. The Labute approximate surface area is 263 Å². The molecule has 0 saturated heterocycles. The average Bonchev–Trinajstić information content (AvgIpc) is 3.03. The van der Waals surface area contributed by atoms with Crippen molar-refractivity contribution in [2.75, 3.05) is 57.2 Å². The lowest BCUT2D eigenvalue weighted by Gasteiger charge is -2.35. The number of primary amides is 1. The fourth-order valence-corrected chi connectivity index (χ4v) is 4.99. The molecule has 0 atom stereocenters. The van der Waals surface area contributed by atoms with Crippen molar-refractivity contribution in [3.8, 4) is 17.2 Å². The molecule has 0 radical (unpaired) electrons. The van der Waals surface area contributed by atoms with E-state index in [0.29, 0.717) is 53.1 Å². The Morgan fingerprint density at radius 3 is 2.45 bits per heavy atom. The van der Waals surface area contributed by atoms with Crippen LogP contribution < -0.4 is 30.2 Å². The molecule has 2 heterocycles. The van der Waals surface area contributed by atoms with Gasteiger partial charge in [0.25, 0.3) is 0 Å². The maximum atomic E-state index is 12.7. The minimum atomic E-state index is -0.636. The van der Waals surface area contributed by atoms with Gasteiger partial charge in [-0.05, 0) is 43.8 Å². The molecule has 4 rings (SSSR count). The number of carbonyl (C=O) groups is 1. The third-order valence-electron chi connectivity index (χ3n) is 7.28. The molecule has 0 spiro atoms. The maximum absolute atomic E-state index is 12.7. The SMILES string of the molecule is CCCCN(C(N)=O)C1=Nc2nc(Nc3ccc(OCCN(CC)CC)cc3)ncc2CN1c1cc(OC)cc(OC)c1Cl. The van der Waals surface area contributed by atoms with Crippen molar-refractivity contribution >= 4 is 46.7 Å². The van der Waals surface area contributed by atoms with E-state index in [9.17, 15) is 4.79 Å². The number of aliphatic imine (C=N–C) groups is 1. The number of anilines is 3. The molecule has 0 unspecified atom stereocenters. The molecule has 2 aromatic carbocycles. The first-order valence-corrected chi connectivity index (χ1v) is 15.1. The van der Waals surface area contributed by atoms with Crippen molar-refractivity contribution in [1.82, 2.24) is 19.8 Å². The van der Waals surface area contributed by atoms with E-state index in [0.717, 1.165) is 49.5 Å². The number of fused-ring (bicyclic) bond motifs is 1. The number of rotatable bonds is 14. The van der Waals surface area contributed by atoms with E-state index < -0.39 is 6.03 Å². The smallest absolute Gasteiger partial charge is 0.321 e. The molecule has 3 aromatic rings. The highest BCUT2D eigenvalue weighted by molar-refractivity contribution is 6.35. The number of carbonyl (C=O) groups excluding carboxylic acids is 1. The van der Waals surface area contributed by atoms with E-state index in [-0.39, 0.29) is 6.54 Å². The van der Waals surface area contributed by atoms with Gasteiger partial charge in [0, 0.05) is 42.7 Å². The highest BCUT2D eigenvalue weighted by Gasteiger charge is 2.32. The number of nitrogens with one attached hydrogen (secondary N) is 1. The van der Waals surface area contributed by atoms with Crippen LogP contribution in [0.2, 0.25) is 5.02 Å². The Hall–Kier alpha value is -4.29. The number of likely N-dealkylation sites (N-methyl/N-ethyl adjacent to an activating group) is 1. The summed E-state index contributed by atoms with van der Waals surface area (Å²) in [6.45, 7) is 10.5. The van der Waals surface area contributed by atoms with Gasteiger partial charge in [-0.1, -0.05) is 38.8 Å². The number of unbranched alkanes of at least 4 members (excludes halogenated alkanes) is 1. The predicted molar refractivity (Wildman–Crippen MR) is 174 cm³/mol. The minimum Gasteiger partial charge on any atom is -0.497 e. The fourth-order valence-electron chi connectivity index (χ4n) is 4.70. The van der Waals surface area contributed by atoms with E-state index in [1.807, 2.05) is 31.2 Å². The monoisotopic (exact) mass is 624 g/mol. The second-order valence-corrected chi connectivity index (χ2v) is 10.4. The van der Waals surface area contributed by atoms with Gasteiger partial charge < -0.3 is 35.1 Å². The molecular weight excluding hydrogens is 584 g/mol. The van der Waals surface area contributed by atoms with Crippen LogP contribution >= 0.6 is 11.6 Å². The summed E-state index contributed by atoms with van der Waals surface area (Å²) in [5.74, 6) is 2.80. The van der Waals surface area contributed by atoms with Crippen LogP contribution in [0.3, 0.4) is 0 Å². The third kappa shape index (κ3) is 7.80. The number of hydrogen-bond donors (Lipinski definition) is 2. The Morgan fingerprint density at radius 2 is 1.82 bits per heavy atom. The van der Waals surface area contributed by atoms with Gasteiger partial charge in [0.2, 0.25) is 11.9 Å². The number of hydrogen-bond acceptors (Lipinski definition) is 10. The highest BCUT2D eigenvalue weighted by Crippen LogP contribution is 2.41. The van der Waals surface area contributed by atoms with Gasteiger partial charge in [-0.25, -0.2) is 9.78 Å². The molecule has 12 nitrogen and oxygen atoms in total. The molecule has 1 aromatic heterocycles. The van der Waals surface area contributed by atoms with E-state index in [2.05, 4.69) is 34.0 Å². The molecule has 13 heteroatoms. The number of urea groups is 1. The Kier molecular flexibility index (Phi) is 11.4. The third-order valence-corrected chi connectivity index (χ3v) is 7.66. The Morgan fingerprint density at radius 1 is 1.07 bits per heavy atom. The molecule has 1 aliphatic heterocycles. The lowest BCUT2D eigenvalue weighted by Crippen LogP contribution is -2.51. The van der Waals surface area contributed by atoms with Crippen LogP contribution in [0.15, 0.2) is 47.6 Å². The number of benzene rings is 2. The quantitative estimate of drug-likeness (QED) is 0.228. The molecular formula is C31H41ClN8O4. The van der Waals surface area contributed by atoms with Crippen molar-refractivity contribution in [3.05, 3.63) is 53.2 Å². The molecule has 2 amide bonds. The molecule has 0 bridgehead atoms. The standard InChI is InChI=1S/C31H41ClN8O4/c1-6-9-14-39(29(33)41)31-37-28-21(20-40(31)25-17-24(42-4)18-26(43-5)27(25)32)19-34-30(36-28)35-22-10-12-23(13-11-22)44-16-15-38(7-2)8-3/h10-13,17-19H,6-9,14-16,20H2,1-5H3,(H2,33,41)(H,34,35,36). The summed E-state index contributed by atoms with van der Waals surface area (Å²) in [6.07, 6.45) is 3.29. The number of methoxy groups -OCH3 is 2. The largest absolute Gasteiger partial charge is 0.497 e. The first-order chi connectivity index (χ1) is 21.3. The number of ether oxygens (including phenoxy) is 3. The van der Waals surface area contributed by atoms with E-state index in [1.165, 1.54) is 12.0 Å². The second-order valence-electron chi connectivity index (χ2n) is 10.1. The molecule has 44 heavy (non-hydrogen) atoms. The van der Waals surface area contributed by atoms with E-state index in [1.54, 1.807) is 30.3 Å².